The lowest BCUT2D eigenvalue weighted by Crippen LogP contribution is -1.91. The molecule has 0 aromatic carbocycles. The average molecular weight is 113 g/mol. The van der Waals surface area contributed by atoms with Gasteiger partial charge in [0.2, 0.25) is 0 Å². The fourth-order valence-corrected chi connectivity index (χ4v) is 0.196. The smallest absolute Gasteiger partial charge is 0.180 e. The van der Waals surface area contributed by atoms with Crippen molar-refractivity contribution >= 4 is 5.78 Å². The van der Waals surface area contributed by atoms with Gasteiger partial charge in [-0.15, -0.1) is 6.26 Å². The Hall–Kier alpha value is -1.25. The van der Waals surface area contributed by atoms with Crippen LogP contribution in [0.1, 0.15) is 0 Å². The summed E-state index contributed by atoms with van der Waals surface area (Å²) in [6.45, 7) is 0. The van der Waals surface area contributed by atoms with Crippen LogP contribution in [0.5, 0.6) is 0 Å². The first-order valence-corrected chi connectivity index (χ1v) is 1.94. The highest BCUT2D eigenvalue weighted by Gasteiger charge is 1.80. The minimum Gasteiger partial charge on any atom is -0.878 e. The Morgan fingerprint density at radius 3 is 2.50 bits per heavy atom. The van der Waals surface area contributed by atoms with Crippen LogP contribution in [0.4, 0.5) is 0 Å². The molecular weight excluding hydrogens is 108 g/mol. The Labute approximate surface area is 46.6 Å². The van der Waals surface area contributed by atoms with Crippen molar-refractivity contribution in [3.8, 4) is 0 Å². The SMILES string of the molecule is O=C(/C=C/[O-])/C=C/O. The summed E-state index contributed by atoms with van der Waals surface area (Å²) >= 11 is 0. The Morgan fingerprint density at radius 1 is 1.50 bits per heavy atom. The quantitative estimate of drug-likeness (QED) is 0.388. The molecule has 0 aromatic heterocycles. The molecule has 1 N–H and O–H groups in total. The molecule has 0 rings (SSSR count). The van der Waals surface area contributed by atoms with E-state index in [1.165, 1.54) is 0 Å². The van der Waals surface area contributed by atoms with E-state index in [0.29, 0.717) is 12.5 Å². The maximum atomic E-state index is 10.1. The van der Waals surface area contributed by atoms with Gasteiger partial charge >= 0.3 is 0 Å². The van der Waals surface area contributed by atoms with Crippen LogP contribution < -0.4 is 5.11 Å². The standard InChI is InChI=1S/C5H6O3/c6-3-1-5(8)2-4-7/h1-4,6-7H/p-1/b3-1+,4-2+. The van der Waals surface area contributed by atoms with Gasteiger partial charge in [0, 0.05) is 6.08 Å². The normalized spacial score (nSPS) is 11.0. The van der Waals surface area contributed by atoms with Crippen LogP contribution in [-0.4, -0.2) is 10.9 Å². The minimum absolute atomic E-state index is 0.363. The molecule has 0 radical (unpaired) electrons. The summed E-state index contributed by atoms with van der Waals surface area (Å²) in [5, 5.41) is 17.4. The fourth-order valence-electron chi connectivity index (χ4n) is 0.196. The Bertz CT molecular complexity index is 110. The van der Waals surface area contributed by atoms with Gasteiger partial charge in [-0.1, -0.05) is 0 Å². The number of allylic oxidation sites excluding steroid dienone is 2. The second kappa shape index (κ2) is 3.92. The summed E-state index contributed by atoms with van der Waals surface area (Å²) in [6, 6.07) is 0. The van der Waals surface area contributed by atoms with Crippen molar-refractivity contribution in [3.05, 3.63) is 24.7 Å². The monoisotopic (exact) mass is 113 g/mol. The Balaban J connectivity index is 3.66. The van der Waals surface area contributed by atoms with Crippen molar-refractivity contribution in [1.29, 1.82) is 0 Å². The predicted molar refractivity (Wildman–Crippen MR) is 25.9 cm³/mol. The van der Waals surface area contributed by atoms with Gasteiger partial charge in [-0.2, -0.15) is 0 Å². The van der Waals surface area contributed by atoms with Gasteiger partial charge in [0.05, 0.1) is 6.26 Å². The molecule has 0 amide bonds. The maximum absolute atomic E-state index is 10.1. The van der Waals surface area contributed by atoms with Crippen molar-refractivity contribution < 1.29 is 15.0 Å². The fraction of sp³-hybridized carbons (Fsp3) is 0. The number of aliphatic hydroxyl groups is 1. The van der Waals surface area contributed by atoms with E-state index in [1.54, 1.807) is 0 Å². The summed E-state index contributed by atoms with van der Waals surface area (Å²) < 4.78 is 0. The Kier molecular flexibility index (Phi) is 3.31. The van der Waals surface area contributed by atoms with Crippen molar-refractivity contribution in [2.75, 3.05) is 0 Å². The molecule has 0 aliphatic rings. The summed E-state index contributed by atoms with van der Waals surface area (Å²) in [6.07, 6.45) is 2.64. The van der Waals surface area contributed by atoms with Gasteiger partial charge in [0.1, 0.15) is 0 Å². The molecule has 0 fully saturated rings. The molecule has 0 aliphatic heterocycles. The summed E-state index contributed by atoms with van der Waals surface area (Å²) in [4.78, 5) is 10.1. The van der Waals surface area contributed by atoms with E-state index in [-0.39, 0.29) is 0 Å². The Morgan fingerprint density at radius 2 is 2.12 bits per heavy atom. The van der Waals surface area contributed by atoms with Crippen molar-refractivity contribution in [3.63, 3.8) is 0 Å². The van der Waals surface area contributed by atoms with Crippen LogP contribution in [0, 0.1) is 0 Å². The zero-order valence-electron chi connectivity index (χ0n) is 4.07. The van der Waals surface area contributed by atoms with Gasteiger partial charge < -0.3 is 10.2 Å². The second-order valence-electron chi connectivity index (χ2n) is 1.02. The molecule has 44 valence electrons. The molecule has 0 aliphatic carbocycles. The molecule has 0 atom stereocenters. The van der Waals surface area contributed by atoms with E-state index in [4.69, 9.17) is 5.11 Å². The molecule has 8 heavy (non-hydrogen) atoms. The number of ketones is 1. The van der Waals surface area contributed by atoms with E-state index in [0.717, 1.165) is 12.2 Å². The van der Waals surface area contributed by atoms with Crippen LogP contribution in [0.2, 0.25) is 0 Å². The molecule has 0 saturated heterocycles. The topological polar surface area (TPSA) is 60.4 Å². The molecule has 0 aromatic rings. The van der Waals surface area contributed by atoms with Gasteiger partial charge in [-0.25, -0.2) is 0 Å². The molecule has 0 heterocycles. The third-order valence-corrected chi connectivity index (χ3v) is 0.471. The van der Waals surface area contributed by atoms with Crippen molar-refractivity contribution in [2.45, 2.75) is 0 Å². The highest BCUT2D eigenvalue weighted by molar-refractivity contribution is 5.98. The zero-order valence-corrected chi connectivity index (χ0v) is 4.07. The molecule has 3 nitrogen and oxygen atoms in total. The average Bonchev–Trinajstić information content (AvgIpc) is 1.68. The summed E-state index contributed by atoms with van der Waals surface area (Å²) in [7, 11) is 0. The third-order valence-electron chi connectivity index (χ3n) is 0.471. The summed E-state index contributed by atoms with van der Waals surface area (Å²) in [5.41, 5.74) is 0. The molecule has 0 unspecified atom stereocenters. The minimum atomic E-state index is -0.512. The first-order chi connectivity index (χ1) is 3.81. The zero-order chi connectivity index (χ0) is 6.41. The number of rotatable bonds is 2. The number of carbonyl (C=O) groups excluding carboxylic acids is 1. The molecule has 3 heteroatoms. The molecular formula is C5H5O3-. The lowest BCUT2D eigenvalue weighted by Gasteiger charge is -1.83. The number of aliphatic hydroxyl groups excluding tert-OH is 1. The number of hydrogen-bond acceptors (Lipinski definition) is 3. The predicted octanol–water partition coefficient (Wildman–Crippen LogP) is -0.499. The highest BCUT2D eigenvalue weighted by atomic mass is 16.2. The van der Waals surface area contributed by atoms with Crippen LogP contribution in [0.3, 0.4) is 0 Å². The highest BCUT2D eigenvalue weighted by Crippen LogP contribution is 1.74. The lowest BCUT2D eigenvalue weighted by atomic mass is 10.4. The van der Waals surface area contributed by atoms with Gasteiger partial charge in [0.15, 0.2) is 5.78 Å². The molecule has 0 saturated carbocycles. The molecule has 0 spiro atoms. The van der Waals surface area contributed by atoms with Gasteiger partial charge in [-0.3, -0.25) is 4.79 Å². The van der Waals surface area contributed by atoms with Crippen LogP contribution in [0.25, 0.3) is 0 Å². The van der Waals surface area contributed by atoms with E-state index in [9.17, 15) is 9.90 Å². The third kappa shape index (κ3) is 2.96. The molecule has 0 bridgehead atoms. The van der Waals surface area contributed by atoms with Crippen LogP contribution in [-0.2, 0) is 4.79 Å². The first kappa shape index (κ1) is 6.75. The number of hydrogen-bond donors (Lipinski definition) is 1. The van der Waals surface area contributed by atoms with E-state index in [2.05, 4.69) is 0 Å². The van der Waals surface area contributed by atoms with Crippen LogP contribution in [0.15, 0.2) is 24.7 Å². The first-order valence-electron chi connectivity index (χ1n) is 1.94. The second-order valence-corrected chi connectivity index (χ2v) is 1.02. The maximum Gasteiger partial charge on any atom is 0.180 e. The van der Waals surface area contributed by atoms with Gasteiger partial charge in [0.25, 0.3) is 0 Å². The van der Waals surface area contributed by atoms with E-state index in [1.807, 2.05) is 0 Å². The summed E-state index contributed by atoms with van der Waals surface area (Å²) in [5.74, 6) is -0.512. The van der Waals surface area contributed by atoms with Gasteiger partial charge in [-0.05, 0) is 6.08 Å². The van der Waals surface area contributed by atoms with E-state index < -0.39 is 5.78 Å². The lowest BCUT2D eigenvalue weighted by molar-refractivity contribution is -0.274. The number of carbonyl (C=O) groups is 1. The van der Waals surface area contributed by atoms with Crippen molar-refractivity contribution in [2.24, 2.45) is 0 Å². The van der Waals surface area contributed by atoms with E-state index >= 15 is 0 Å². The largest absolute Gasteiger partial charge is 0.878 e. The van der Waals surface area contributed by atoms with Crippen molar-refractivity contribution in [1.82, 2.24) is 0 Å². The van der Waals surface area contributed by atoms with Crippen LogP contribution >= 0.6 is 0 Å².